The smallest absolute Gasteiger partial charge is 0.242 e. The molecule has 0 spiro atoms. The average Bonchev–Trinajstić information content (AvgIpc) is 3.56. The largest absolute Gasteiger partial charge is 0.493 e. The molecule has 2 amide bonds. The fourth-order valence-electron chi connectivity index (χ4n) is 4.94. The molecule has 1 aromatic carbocycles. The summed E-state index contributed by atoms with van der Waals surface area (Å²) >= 11 is 1.73. The van der Waals surface area contributed by atoms with Crippen LogP contribution in [0, 0.1) is 5.92 Å². The Kier molecular flexibility index (Phi) is 8.68. The lowest BCUT2D eigenvalue weighted by Gasteiger charge is -2.37. The number of para-hydroxylation sites is 2. The number of amides is 2. The number of thiophene rings is 1. The number of carbonyl (C=O) groups is 2. The molecule has 35 heavy (non-hydrogen) atoms. The second kappa shape index (κ2) is 11.9. The van der Waals surface area contributed by atoms with Crippen molar-refractivity contribution in [1.29, 1.82) is 0 Å². The van der Waals surface area contributed by atoms with Crippen LogP contribution in [0.3, 0.4) is 0 Å². The van der Waals surface area contributed by atoms with Gasteiger partial charge in [-0.3, -0.25) is 9.59 Å². The number of hydrogen-bond donors (Lipinski definition) is 0. The topological polar surface area (TPSA) is 62.3 Å². The highest BCUT2D eigenvalue weighted by Gasteiger charge is 2.34. The van der Waals surface area contributed by atoms with Gasteiger partial charge in [0, 0.05) is 30.4 Å². The van der Waals surface area contributed by atoms with Gasteiger partial charge in [-0.2, -0.15) is 0 Å². The van der Waals surface area contributed by atoms with Crippen molar-refractivity contribution in [3.05, 3.63) is 46.2 Å². The van der Waals surface area contributed by atoms with Crippen molar-refractivity contribution in [2.75, 3.05) is 53.0 Å². The zero-order valence-corrected chi connectivity index (χ0v) is 21.9. The Balaban J connectivity index is 1.48. The Labute approximate surface area is 212 Å². The molecule has 8 heteroatoms. The lowest BCUT2D eigenvalue weighted by atomic mass is 10.00. The summed E-state index contributed by atoms with van der Waals surface area (Å²) in [6.07, 6.45) is 3.25. The van der Waals surface area contributed by atoms with E-state index in [1.54, 1.807) is 23.3 Å². The van der Waals surface area contributed by atoms with Crippen LogP contribution in [-0.2, 0) is 16.0 Å². The molecule has 2 aromatic rings. The van der Waals surface area contributed by atoms with Gasteiger partial charge in [-0.15, -0.1) is 11.3 Å². The van der Waals surface area contributed by atoms with Crippen molar-refractivity contribution >= 4 is 23.2 Å². The van der Waals surface area contributed by atoms with Crippen molar-refractivity contribution in [1.82, 2.24) is 14.7 Å². The Morgan fingerprint density at radius 3 is 2.57 bits per heavy atom. The summed E-state index contributed by atoms with van der Waals surface area (Å²) in [7, 11) is 1.62. The molecule has 0 radical (unpaired) electrons. The maximum Gasteiger partial charge on any atom is 0.242 e. The first kappa shape index (κ1) is 25.5. The predicted octanol–water partition coefficient (Wildman–Crippen LogP) is 3.84. The van der Waals surface area contributed by atoms with Crippen molar-refractivity contribution in [2.24, 2.45) is 5.92 Å². The molecule has 2 aliphatic rings. The van der Waals surface area contributed by atoms with Crippen molar-refractivity contribution in [3.8, 4) is 11.5 Å². The first-order valence-corrected chi connectivity index (χ1v) is 13.5. The third-order valence-electron chi connectivity index (χ3n) is 6.90. The molecule has 1 unspecified atom stereocenters. The van der Waals surface area contributed by atoms with E-state index in [-0.39, 0.29) is 30.3 Å². The fourth-order valence-corrected chi connectivity index (χ4v) is 5.86. The molecule has 1 atom stereocenters. The van der Waals surface area contributed by atoms with Crippen LogP contribution in [-0.4, -0.2) is 79.5 Å². The third kappa shape index (κ3) is 6.16. The van der Waals surface area contributed by atoms with Gasteiger partial charge in [-0.05, 0) is 61.5 Å². The van der Waals surface area contributed by atoms with Crippen LogP contribution >= 0.6 is 11.3 Å². The van der Waals surface area contributed by atoms with E-state index in [1.807, 2.05) is 43.0 Å². The summed E-state index contributed by atoms with van der Waals surface area (Å²) in [5.41, 5.74) is 1.14. The van der Waals surface area contributed by atoms with E-state index < -0.39 is 0 Å². The zero-order valence-electron chi connectivity index (χ0n) is 21.1. The van der Waals surface area contributed by atoms with E-state index in [0.29, 0.717) is 31.2 Å². The quantitative estimate of drug-likeness (QED) is 0.497. The monoisotopic (exact) mass is 499 g/mol. The molecular weight excluding hydrogens is 462 g/mol. The van der Waals surface area contributed by atoms with Gasteiger partial charge in [0.05, 0.1) is 19.7 Å². The molecule has 1 saturated heterocycles. The van der Waals surface area contributed by atoms with Gasteiger partial charge in [0.25, 0.3) is 0 Å². The molecule has 0 saturated carbocycles. The van der Waals surface area contributed by atoms with Crippen LogP contribution in [0.25, 0.3) is 0 Å². The number of ether oxygens (including phenoxy) is 2. The van der Waals surface area contributed by atoms with Gasteiger partial charge in [-0.1, -0.05) is 26.0 Å². The first-order chi connectivity index (χ1) is 17.0. The molecule has 1 fully saturated rings. The Bertz CT molecular complexity index is 1000. The van der Waals surface area contributed by atoms with Gasteiger partial charge in [0.15, 0.2) is 11.5 Å². The summed E-state index contributed by atoms with van der Waals surface area (Å²) in [5.74, 6) is 1.20. The van der Waals surface area contributed by atoms with Gasteiger partial charge in [-0.25, -0.2) is 0 Å². The number of benzene rings is 1. The molecule has 1 aromatic heterocycles. The van der Waals surface area contributed by atoms with Crippen LogP contribution in [0.5, 0.6) is 11.5 Å². The minimum Gasteiger partial charge on any atom is -0.493 e. The number of methoxy groups -OCH3 is 1. The average molecular weight is 500 g/mol. The van der Waals surface area contributed by atoms with Crippen LogP contribution in [0.2, 0.25) is 0 Å². The number of hydrogen-bond acceptors (Lipinski definition) is 6. The van der Waals surface area contributed by atoms with E-state index in [4.69, 9.17) is 9.47 Å². The molecule has 4 rings (SSSR count). The van der Waals surface area contributed by atoms with Crippen LogP contribution in [0.15, 0.2) is 35.7 Å². The Hall–Kier alpha value is -2.58. The normalized spacial score (nSPS) is 17.9. The molecular formula is C27H37N3O4S. The van der Waals surface area contributed by atoms with Crippen molar-refractivity contribution in [3.63, 3.8) is 0 Å². The van der Waals surface area contributed by atoms with E-state index in [0.717, 1.165) is 31.6 Å². The third-order valence-corrected chi connectivity index (χ3v) is 7.89. The van der Waals surface area contributed by atoms with Gasteiger partial charge in [0.2, 0.25) is 11.8 Å². The summed E-state index contributed by atoms with van der Waals surface area (Å²) in [4.78, 5) is 34.0. The number of likely N-dealkylation sites (tertiary alicyclic amines) is 1. The highest BCUT2D eigenvalue weighted by molar-refractivity contribution is 7.10. The van der Waals surface area contributed by atoms with Crippen LogP contribution in [0.1, 0.15) is 43.2 Å². The minimum absolute atomic E-state index is 0.0223. The Morgan fingerprint density at radius 2 is 1.86 bits per heavy atom. The maximum atomic E-state index is 13.6. The van der Waals surface area contributed by atoms with E-state index in [9.17, 15) is 9.59 Å². The molecule has 0 aliphatic carbocycles. The maximum absolute atomic E-state index is 13.6. The molecule has 190 valence electrons. The number of carbonyl (C=O) groups excluding carboxylic acids is 2. The lowest BCUT2D eigenvalue weighted by Crippen LogP contribution is -2.49. The molecule has 0 bridgehead atoms. The summed E-state index contributed by atoms with van der Waals surface area (Å²) in [6.45, 7) is 8.43. The molecule has 3 heterocycles. The highest BCUT2D eigenvalue weighted by Crippen LogP contribution is 2.35. The predicted molar refractivity (Wildman–Crippen MR) is 138 cm³/mol. The first-order valence-electron chi connectivity index (χ1n) is 12.6. The van der Waals surface area contributed by atoms with Crippen molar-refractivity contribution < 1.29 is 19.1 Å². The number of rotatable bonds is 10. The summed E-state index contributed by atoms with van der Waals surface area (Å²) < 4.78 is 11.6. The minimum atomic E-state index is -0.197. The second-order valence-electron chi connectivity index (χ2n) is 9.58. The second-order valence-corrected chi connectivity index (χ2v) is 10.6. The SMILES string of the molecule is COc1ccccc1OCC1c2ccsc2CCN1C(=O)CN(CCN1CCCC1)C(=O)C(C)C. The molecule has 2 aliphatic heterocycles. The standard InChI is InChI=1S/C27H37N3O4S/c1-20(2)27(32)29(16-15-28-12-6-7-13-28)18-26(31)30-14-10-25-21(11-17-35-25)22(30)19-34-24-9-5-4-8-23(24)33-3/h4-5,8-9,11,17,20,22H,6-7,10,12-16,18-19H2,1-3H3. The van der Waals surface area contributed by atoms with Crippen molar-refractivity contribution in [2.45, 2.75) is 39.2 Å². The van der Waals surface area contributed by atoms with E-state index >= 15 is 0 Å². The van der Waals surface area contributed by atoms with Gasteiger partial charge in [0.1, 0.15) is 6.61 Å². The van der Waals surface area contributed by atoms with Gasteiger partial charge < -0.3 is 24.2 Å². The summed E-state index contributed by atoms with van der Waals surface area (Å²) in [6, 6.07) is 9.46. The summed E-state index contributed by atoms with van der Waals surface area (Å²) in [5, 5.41) is 2.08. The van der Waals surface area contributed by atoms with Gasteiger partial charge >= 0.3 is 0 Å². The fraction of sp³-hybridized carbons (Fsp3) is 0.556. The van der Waals surface area contributed by atoms with E-state index in [1.165, 1.54) is 17.7 Å². The number of nitrogens with zero attached hydrogens (tertiary/aromatic N) is 3. The van der Waals surface area contributed by atoms with E-state index in [2.05, 4.69) is 16.3 Å². The lowest BCUT2D eigenvalue weighted by molar-refractivity contribution is -0.144. The van der Waals surface area contributed by atoms with Crippen LogP contribution in [0.4, 0.5) is 0 Å². The Morgan fingerprint density at radius 1 is 1.11 bits per heavy atom. The highest BCUT2D eigenvalue weighted by atomic mass is 32.1. The number of fused-ring (bicyclic) bond motifs is 1. The molecule has 7 nitrogen and oxygen atoms in total. The zero-order chi connectivity index (χ0) is 24.8. The molecule has 0 N–H and O–H groups in total. The van der Waals surface area contributed by atoms with Crippen LogP contribution < -0.4 is 9.47 Å².